The minimum Gasteiger partial charge on any atom is -0.495 e. The molecule has 0 spiro atoms. The maximum absolute atomic E-state index is 6.02. The van der Waals surface area contributed by atoms with Crippen molar-refractivity contribution in [3.63, 3.8) is 0 Å². The third kappa shape index (κ3) is 4.10. The van der Waals surface area contributed by atoms with Gasteiger partial charge in [-0.3, -0.25) is 0 Å². The van der Waals surface area contributed by atoms with Crippen LogP contribution in [0.15, 0.2) is 18.2 Å². The van der Waals surface area contributed by atoms with Crippen molar-refractivity contribution in [1.29, 1.82) is 0 Å². The van der Waals surface area contributed by atoms with Gasteiger partial charge in [-0.15, -0.1) is 0 Å². The third-order valence-corrected chi connectivity index (χ3v) is 2.57. The smallest absolute Gasteiger partial charge is 0.137 e. The standard InChI is InChI=1S/C12H18ClNO/c1-12(2,14)7-6-9-4-5-11(15-3)10(13)8-9/h4-5,8H,6-7,14H2,1-3H3. The van der Waals surface area contributed by atoms with E-state index < -0.39 is 0 Å². The maximum atomic E-state index is 6.02. The van der Waals surface area contributed by atoms with Gasteiger partial charge in [0.1, 0.15) is 5.75 Å². The Labute approximate surface area is 96.4 Å². The van der Waals surface area contributed by atoms with Crippen molar-refractivity contribution in [1.82, 2.24) is 0 Å². The van der Waals surface area contributed by atoms with E-state index in [0.29, 0.717) is 10.8 Å². The molecule has 0 heterocycles. The number of nitrogens with two attached hydrogens (primary N) is 1. The first-order valence-electron chi connectivity index (χ1n) is 5.04. The second-order valence-electron chi connectivity index (χ2n) is 4.46. The molecule has 0 unspecified atom stereocenters. The molecule has 0 aromatic heterocycles. The molecule has 2 N–H and O–H groups in total. The van der Waals surface area contributed by atoms with Gasteiger partial charge in [-0.25, -0.2) is 0 Å². The number of ether oxygens (including phenoxy) is 1. The normalized spacial score (nSPS) is 11.5. The summed E-state index contributed by atoms with van der Waals surface area (Å²) in [5, 5.41) is 0.657. The minimum atomic E-state index is -0.133. The Morgan fingerprint density at radius 2 is 2.07 bits per heavy atom. The van der Waals surface area contributed by atoms with Gasteiger partial charge in [-0.2, -0.15) is 0 Å². The summed E-state index contributed by atoms with van der Waals surface area (Å²) in [7, 11) is 1.61. The van der Waals surface area contributed by atoms with Crippen LogP contribution in [0, 0.1) is 0 Å². The van der Waals surface area contributed by atoms with Crippen molar-refractivity contribution >= 4 is 11.6 Å². The first kappa shape index (κ1) is 12.3. The highest BCUT2D eigenvalue weighted by Crippen LogP contribution is 2.25. The van der Waals surface area contributed by atoms with Gasteiger partial charge >= 0.3 is 0 Å². The van der Waals surface area contributed by atoms with Crippen molar-refractivity contribution < 1.29 is 4.74 Å². The highest BCUT2D eigenvalue weighted by atomic mass is 35.5. The molecule has 0 atom stereocenters. The summed E-state index contributed by atoms with van der Waals surface area (Å²) in [6.07, 6.45) is 1.88. The molecule has 0 aliphatic carbocycles. The van der Waals surface area contributed by atoms with E-state index in [-0.39, 0.29) is 5.54 Å². The average molecular weight is 228 g/mol. The van der Waals surface area contributed by atoms with Gasteiger partial charge in [0.15, 0.2) is 0 Å². The molecule has 0 aliphatic heterocycles. The van der Waals surface area contributed by atoms with Crippen molar-refractivity contribution in [2.24, 2.45) is 5.73 Å². The van der Waals surface area contributed by atoms with E-state index in [0.717, 1.165) is 12.8 Å². The van der Waals surface area contributed by atoms with Crippen molar-refractivity contribution in [2.45, 2.75) is 32.2 Å². The lowest BCUT2D eigenvalue weighted by molar-refractivity contribution is 0.414. The van der Waals surface area contributed by atoms with E-state index in [9.17, 15) is 0 Å². The first-order valence-corrected chi connectivity index (χ1v) is 5.41. The quantitative estimate of drug-likeness (QED) is 0.858. The monoisotopic (exact) mass is 227 g/mol. The number of hydrogen-bond donors (Lipinski definition) is 1. The zero-order chi connectivity index (χ0) is 11.5. The summed E-state index contributed by atoms with van der Waals surface area (Å²) in [5.41, 5.74) is 6.98. The van der Waals surface area contributed by atoms with Crippen molar-refractivity contribution in [2.75, 3.05) is 7.11 Å². The molecular weight excluding hydrogens is 210 g/mol. The molecule has 15 heavy (non-hydrogen) atoms. The van der Waals surface area contributed by atoms with Crippen LogP contribution in [0.1, 0.15) is 25.8 Å². The number of rotatable bonds is 4. The molecular formula is C12H18ClNO. The van der Waals surface area contributed by atoms with E-state index in [1.807, 2.05) is 32.0 Å². The number of halogens is 1. The van der Waals surface area contributed by atoms with Crippen LogP contribution in [0.4, 0.5) is 0 Å². The molecule has 0 saturated carbocycles. The summed E-state index contributed by atoms with van der Waals surface area (Å²) in [6, 6.07) is 5.85. The predicted molar refractivity (Wildman–Crippen MR) is 64.6 cm³/mol. The lowest BCUT2D eigenvalue weighted by atomic mass is 9.96. The Bertz CT molecular complexity index is 331. The van der Waals surface area contributed by atoms with E-state index in [4.69, 9.17) is 22.1 Å². The van der Waals surface area contributed by atoms with Crippen LogP contribution >= 0.6 is 11.6 Å². The molecule has 0 amide bonds. The molecule has 0 fully saturated rings. The first-order chi connectivity index (χ1) is 6.92. The van der Waals surface area contributed by atoms with Gasteiger partial charge in [0.25, 0.3) is 0 Å². The van der Waals surface area contributed by atoms with Gasteiger partial charge in [-0.1, -0.05) is 17.7 Å². The Kier molecular flexibility index (Phi) is 4.00. The largest absolute Gasteiger partial charge is 0.495 e. The Morgan fingerprint density at radius 3 is 2.53 bits per heavy atom. The highest BCUT2D eigenvalue weighted by Gasteiger charge is 2.11. The Balaban J connectivity index is 2.68. The molecule has 0 aliphatic rings. The zero-order valence-corrected chi connectivity index (χ0v) is 10.3. The van der Waals surface area contributed by atoms with E-state index in [1.54, 1.807) is 7.11 Å². The summed E-state index contributed by atoms with van der Waals surface area (Å²) in [6.45, 7) is 4.05. The maximum Gasteiger partial charge on any atom is 0.137 e. The van der Waals surface area contributed by atoms with Crippen LogP contribution in [0.2, 0.25) is 5.02 Å². The number of methoxy groups -OCH3 is 1. The Hall–Kier alpha value is -0.730. The molecule has 1 rings (SSSR count). The van der Waals surface area contributed by atoms with Crippen LogP contribution in [-0.4, -0.2) is 12.6 Å². The van der Waals surface area contributed by atoms with Gasteiger partial charge in [0.2, 0.25) is 0 Å². The topological polar surface area (TPSA) is 35.2 Å². The van der Waals surface area contributed by atoms with Crippen LogP contribution in [0.5, 0.6) is 5.75 Å². The molecule has 3 heteroatoms. The molecule has 0 radical (unpaired) electrons. The van der Waals surface area contributed by atoms with Gasteiger partial charge in [0.05, 0.1) is 12.1 Å². The third-order valence-electron chi connectivity index (χ3n) is 2.27. The fourth-order valence-electron chi connectivity index (χ4n) is 1.33. The predicted octanol–water partition coefficient (Wildman–Crippen LogP) is 3.02. The van der Waals surface area contributed by atoms with E-state index >= 15 is 0 Å². The van der Waals surface area contributed by atoms with Gasteiger partial charge in [-0.05, 0) is 44.4 Å². The van der Waals surface area contributed by atoms with Gasteiger partial charge < -0.3 is 10.5 Å². The molecule has 0 saturated heterocycles. The molecule has 0 bridgehead atoms. The fourth-order valence-corrected chi connectivity index (χ4v) is 1.61. The number of hydrogen-bond acceptors (Lipinski definition) is 2. The summed E-state index contributed by atoms with van der Waals surface area (Å²) < 4.78 is 5.09. The summed E-state index contributed by atoms with van der Waals surface area (Å²) in [5.74, 6) is 0.715. The van der Waals surface area contributed by atoms with E-state index in [2.05, 4.69) is 0 Å². The number of benzene rings is 1. The van der Waals surface area contributed by atoms with Crippen LogP contribution in [0.3, 0.4) is 0 Å². The van der Waals surface area contributed by atoms with Crippen LogP contribution in [-0.2, 0) is 6.42 Å². The molecule has 84 valence electrons. The second-order valence-corrected chi connectivity index (χ2v) is 4.86. The van der Waals surface area contributed by atoms with Gasteiger partial charge in [0, 0.05) is 5.54 Å². The lowest BCUT2D eigenvalue weighted by Gasteiger charge is -2.18. The molecule has 1 aromatic rings. The minimum absolute atomic E-state index is 0.133. The Morgan fingerprint density at radius 1 is 1.40 bits per heavy atom. The zero-order valence-electron chi connectivity index (χ0n) is 9.51. The molecule has 1 aromatic carbocycles. The molecule has 2 nitrogen and oxygen atoms in total. The van der Waals surface area contributed by atoms with Crippen molar-refractivity contribution in [3.8, 4) is 5.75 Å². The highest BCUT2D eigenvalue weighted by molar-refractivity contribution is 6.32. The summed E-state index contributed by atoms with van der Waals surface area (Å²) >= 11 is 6.02. The van der Waals surface area contributed by atoms with Crippen LogP contribution in [0.25, 0.3) is 0 Å². The fraction of sp³-hybridized carbons (Fsp3) is 0.500. The van der Waals surface area contributed by atoms with Crippen LogP contribution < -0.4 is 10.5 Å². The SMILES string of the molecule is COc1ccc(CCC(C)(C)N)cc1Cl. The average Bonchev–Trinajstić information content (AvgIpc) is 2.14. The lowest BCUT2D eigenvalue weighted by Crippen LogP contribution is -2.32. The van der Waals surface area contributed by atoms with Crippen molar-refractivity contribution in [3.05, 3.63) is 28.8 Å². The second kappa shape index (κ2) is 4.86. The van der Waals surface area contributed by atoms with E-state index in [1.165, 1.54) is 5.56 Å². The number of aryl methyl sites for hydroxylation is 1. The summed E-state index contributed by atoms with van der Waals surface area (Å²) in [4.78, 5) is 0.